The Morgan fingerprint density at radius 1 is 1.33 bits per heavy atom. The third-order valence-corrected chi connectivity index (χ3v) is 2.16. The molecule has 0 aliphatic rings. The van der Waals surface area contributed by atoms with Crippen LogP contribution >= 0.6 is 11.8 Å². The number of carbonyl (C=O) groups excluding carboxylic acids is 1. The first-order chi connectivity index (χ1) is 5.81. The minimum atomic E-state index is -0.0630. The Bertz CT molecular complexity index is 121. The van der Waals surface area contributed by atoms with Gasteiger partial charge in [0.25, 0.3) is 0 Å². The second-order valence-electron chi connectivity index (χ2n) is 2.20. The Balaban J connectivity index is 3.08. The van der Waals surface area contributed by atoms with Gasteiger partial charge in [-0.05, 0) is 12.2 Å². The molecule has 0 heterocycles. The van der Waals surface area contributed by atoms with Crippen molar-refractivity contribution >= 4 is 17.7 Å². The molecule has 0 aliphatic carbocycles. The van der Waals surface area contributed by atoms with Gasteiger partial charge in [-0.2, -0.15) is 11.8 Å². The summed E-state index contributed by atoms with van der Waals surface area (Å²) in [5.41, 5.74) is 0. The summed E-state index contributed by atoms with van der Waals surface area (Å²) in [5.74, 6) is 1.13. The van der Waals surface area contributed by atoms with Gasteiger partial charge in [-0.3, -0.25) is 4.79 Å². The first-order valence-electron chi connectivity index (χ1n) is 3.87. The first kappa shape index (κ1) is 11.7. The van der Waals surface area contributed by atoms with Gasteiger partial charge in [-0.1, -0.05) is 0 Å². The molecule has 0 unspecified atom stereocenters. The number of amides is 1. The maximum absolute atomic E-state index is 10.9. The van der Waals surface area contributed by atoms with Crippen molar-refractivity contribution in [3.8, 4) is 0 Å². The molecule has 0 aromatic carbocycles. The molecular formula is C7H15NO3S. The maximum Gasteiger partial charge on any atom is 0.230 e. The third kappa shape index (κ3) is 7.84. The fourth-order valence-corrected chi connectivity index (χ4v) is 1.34. The van der Waals surface area contributed by atoms with E-state index in [4.69, 9.17) is 10.2 Å². The zero-order chi connectivity index (χ0) is 9.23. The summed E-state index contributed by atoms with van der Waals surface area (Å²) < 4.78 is 0. The molecule has 72 valence electrons. The Morgan fingerprint density at radius 2 is 2.08 bits per heavy atom. The van der Waals surface area contributed by atoms with Crippen LogP contribution in [0.5, 0.6) is 0 Å². The van der Waals surface area contributed by atoms with Crippen LogP contribution in [-0.4, -0.2) is 47.4 Å². The van der Waals surface area contributed by atoms with Crippen LogP contribution < -0.4 is 5.32 Å². The Kier molecular flexibility index (Phi) is 8.64. The standard InChI is InChI=1S/C7H15NO3S/c9-3-1-5-12-6-7(11)8-2-4-10/h9-10H,1-6H2,(H,8,11). The predicted octanol–water partition coefficient (Wildman–Crippen LogP) is -0.790. The number of thioether (sulfide) groups is 1. The quantitative estimate of drug-likeness (QED) is 0.463. The molecule has 0 saturated carbocycles. The molecular weight excluding hydrogens is 178 g/mol. The highest BCUT2D eigenvalue weighted by atomic mass is 32.2. The van der Waals surface area contributed by atoms with Gasteiger partial charge >= 0.3 is 0 Å². The van der Waals surface area contributed by atoms with E-state index in [9.17, 15) is 4.79 Å². The van der Waals surface area contributed by atoms with Crippen LogP contribution in [-0.2, 0) is 4.79 Å². The van der Waals surface area contributed by atoms with Crippen molar-refractivity contribution in [3.63, 3.8) is 0 Å². The molecule has 4 nitrogen and oxygen atoms in total. The lowest BCUT2D eigenvalue weighted by Crippen LogP contribution is -2.28. The average molecular weight is 193 g/mol. The van der Waals surface area contributed by atoms with Gasteiger partial charge in [0.1, 0.15) is 0 Å². The number of rotatable bonds is 7. The highest BCUT2D eigenvalue weighted by molar-refractivity contribution is 7.99. The summed E-state index contributed by atoms with van der Waals surface area (Å²) in [6.45, 7) is 0.470. The molecule has 0 rings (SSSR count). The van der Waals surface area contributed by atoms with E-state index in [1.165, 1.54) is 11.8 Å². The average Bonchev–Trinajstić information content (AvgIpc) is 2.09. The van der Waals surface area contributed by atoms with Crippen LogP contribution in [0.4, 0.5) is 0 Å². The van der Waals surface area contributed by atoms with Crippen LogP contribution in [0.1, 0.15) is 6.42 Å². The van der Waals surface area contributed by atoms with E-state index in [0.717, 1.165) is 12.2 Å². The van der Waals surface area contributed by atoms with Gasteiger partial charge in [-0.25, -0.2) is 0 Å². The topological polar surface area (TPSA) is 69.6 Å². The summed E-state index contributed by atoms with van der Waals surface area (Å²) in [6, 6.07) is 0. The molecule has 1 amide bonds. The molecule has 0 aromatic heterocycles. The summed E-state index contributed by atoms with van der Waals surface area (Å²) in [5, 5.41) is 19.3. The molecule has 0 aliphatic heterocycles. The molecule has 0 bridgehead atoms. The smallest absolute Gasteiger partial charge is 0.230 e. The number of hydrogen-bond donors (Lipinski definition) is 3. The second-order valence-corrected chi connectivity index (χ2v) is 3.31. The summed E-state index contributed by atoms with van der Waals surface area (Å²) in [4.78, 5) is 10.9. The lowest BCUT2D eigenvalue weighted by molar-refractivity contribution is -0.118. The van der Waals surface area contributed by atoms with Crippen LogP contribution in [0.25, 0.3) is 0 Å². The Morgan fingerprint density at radius 3 is 2.67 bits per heavy atom. The molecule has 5 heteroatoms. The zero-order valence-electron chi connectivity index (χ0n) is 6.95. The first-order valence-corrected chi connectivity index (χ1v) is 5.03. The molecule has 12 heavy (non-hydrogen) atoms. The fraction of sp³-hybridized carbons (Fsp3) is 0.857. The van der Waals surface area contributed by atoms with Crippen LogP contribution in [0, 0.1) is 0 Å². The van der Waals surface area contributed by atoms with Crippen molar-refractivity contribution in [1.29, 1.82) is 0 Å². The van der Waals surface area contributed by atoms with Crippen LogP contribution in [0.3, 0.4) is 0 Å². The van der Waals surface area contributed by atoms with E-state index < -0.39 is 0 Å². The molecule has 0 spiro atoms. The van der Waals surface area contributed by atoms with Gasteiger partial charge in [0, 0.05) is 13.2 Å². The molecule has 3 N–H and O–H groups in total. The largest absolute Gasteiger partial charge is 0.396 e. The van der Waals surface area contributed by atoms with Crippen molar-refractivity contribution < 1.29 is 15.0 Å². The van der Waals surface area contributed by atoms with Crippen molar-refractivity contribution in [1.82, 2.24) is 5.32 Å². The Hall–Kier alpha value is -0.260. The molecule has 0 aromatic rings. The predicted molar refractivity (Wildman–Crippen MR) is 49.1 cm³/mol. The van der Waals surface area contributed by atoms with Gasteiger partial charge < -0.3 is 15.5 Å². The van der Waals surface area contributed by atoms with Gasteiger partial charge in [-0.15, -0.1) is 0 Å². The summed E-state index contributed by atoms with van der Waals surface area (Å²) in [6.07, 6.45) is 0.720. The molecule has 0 radical (unpaired) electrons. The molecule has 0 saturated heterocycles. The van der Waals surface area contributed by atoms with E-state index >= 15 is 0 Å². The van der Waals surface area contributed by atoms with Crippen LogP contribution in [0.15, 0.2) is 0 Å². The highest BCUT2D eigenvalue weighted by Crippen LogP contribution is 2.00. The monoisotopic (exact) mass is 193 g/mol. The van der Waals surface area contributed by atoms with E-state index in [2.05, 4.69) is 5.32 Å². The van der Waals surface area contributed by atoms with Crippen molar-refractivity contribution in [3.05, 3.63) is 0 Å². The van der Waals surface area contributed by atoms with E-state index in [-0.39, 0.29) is 19.1 Å². The molecule has 0 atom stereocenters. The minimum absolute atomic E-state index is 0.0208. The van der Waals surface area contributed by atoms with E-state index in [1.54, 1.807) is 0 Å². The lowest BCUT2D eigenvalue weighted by Gasteiger charge is -2.01. The number of nitrogens with one attached hydrogen (secondary N) is 1. The number of carbonyl (C=O) groups is 1. The van der Waals surface area contributed by atoms with Crippen molar-refractivity contribution in [2.45, 2.75) is 6.42 Å². The summed E-state index contributed by atoms with van der Waals surface area (Å²) in [7, 11) is 0. The normalized spacial score (nSPS) is 9.83. The van der Waals surface area contributed by atoms with E-state index in [0.29, 0.717) is 12.3 Å². The maximum atomic E-state index is 10.9. The summed E-state index contributed by atoms with van der Waals surface area (Å²) >= 11 is 1.48. The lowest BCUT2D eigenvalue weighted by atomic mass is 10.5. The highest BCUT2D eigenvalue weighted by Gasteiger charge is 1.98. The number of hydrogen-bond acceptors (Lipinski definition) is 4. The SMILES string of the molecule is O=C(CSCCCO)NCCO. The Labute approximate surface area is 76.4 Å². The van der Waals surface area contributed by atoms with Crippen molar-refractivity contribution in [2.24, 2.45) is 0 Å². The van der Waals surface area contributed by atoms with Gasteiger partial charge in [0.2, 0.25) is 5.91 Å². The minimum Gasteiger partial charge on any atom is -0.396 e. The second kappa shape index (κ2) is 8.83. The van der Waals surface area contributed by atoms with Gasteiger partial charge in [0.05, 0.1) is 12.4 Å². The van der Waals surface area contributed by atoms with Crippen molar-refractivity contribution in [2.75, 3.05) is 31.3 Å². The fourth-order valence-electron chi connectivity index (χ4n) is 0.578. The number of aliphatic hydroxyl groups excluding tert-OH is 2. The third-order valence-electron chi connectivity index (χ3n) is 1.11. The zero-order valence-corrected chi connectivity index (χ0v) is 7.77. The number of aliphatic hydroxyl groups is 2. The van der Waals surface area contributed by atoms with Gasteiger partial charge in [0.15, 0.2) is 0 Å². The molecule has 0 fully saturated rings. The van der Waals surface area contributed by atoms with E-state index in [1.807, 2.05) is 0 Å². The van der Waals surface area contributed by atoms with Crippen LogP contribution in [0.2, 0.25) is 0 Å².